The minimum atomic E-state index is -1.61. The largest absolute Gasteiger partial charge is 0.417 e. The molecule has 1 fully saturated rings. The average Bonchev–Trinajstić information content (AvgIpc) is 2.33. The highest BCUT2D eigenvalue weighted by Gasteiger charge is 2.38. The van der Waals surface area contributed by atoms with Crippen LogP contribution in [-0.4, -0.2) is 41.7 Å². The molecular formula is C16H34O2S2Si. The molecule has 0 aromatic heterocycles. The van der Waals surface area contributed by atoms with Crippen molar-refractivity contribution in [3.05, 3.63) is 0 Å². The number of aliphatic hydroxyl groups is 1. The van der Waals surface area contributed by atoms with E-state index < -0.39 is 8.32 Å². The molecule has 2 nitrogen and oxygen atoms in total. The minimum absolute atomic E-state index is 0.204. The monoisotopic (exact) mass is 350 g/mol. The third-order valence-corrected chi connectivity index (χ3v) is 12.6. The number of thioether (sulfide) groups is 2. The smallest absolute Gasteiger partial charge is 0.191 e. The molecule has 1 saturated heterocycles. The Morgan fingerprint density at radius 3 is 2.29 bits per heavy atom. The highest BCUT2D eigenvalue weighted by Crippen LogP contribution is 2.48. The van der Waals surface area contributed by atoms with Gasteiger partial charge in [0.25, 0.3) is 0 Å². The van der Waals surface area contributed by atoms with Gasteiger partial charge in [0.05, 0.1) is 10.2 Å². The molecule has 0 saturated carbocycles. The molecule has 0 spiro atoms. The maximum atomic E-state index is 9.81. The van der Waals surface area contributed by atoms with Gasteiger partial charge in [-0.25, -0.2) is 0 Å². The van der Waals surface area contributed by atoms with Gasteiger partial charge >= 0.3 is 0 Å². The van der Waals surface area contributed by atoms with Gasteiger partial charge in [-0.05, 0) is 62.2 Å². The van der Waals surface area contributed by atoms with E-state index in [-0.39, 0.29) is 10.2 Å². The summed E-state index contributed by atoms with van der Waals surface area (Å²) in [6, 6.07) is 0. The maximum Gasteiger partial charge on any atom is 0.191 e. The van der Waals surface area contributed by atoms with Crippen molar-refractivity contribution in [1.82, 2.24) is 0 Å². The second-order valence-corrected chi connectivity index (χ2v) is 15.8. The van der Waals surface area contributed by atoms with Crippen LogP contribution in [0.5, 0.6) is 0 Å². The summed E-state index contributed by atoms with van der Waals surface area (Å²) in [6.45, 7) is 14.3. The van der Waals surface area contributed by atoms with Crippen LogP contribution in [0.2, 0.25) is 18.1 Å². The SMILES string of the molecule is C[C@@H](O)CC1(CCCO[Si](C)(C)C(C)(C)C)SCCCS1. The Bertz CT molecular complexity index is 308. The predicted octanol–water partition coefficient (Wildman–Crippen LogP) is 5.13. The molecule has 21 heavy (non-hydrogen) atoms. The number of aliphatic hydroxyl groups excluding tert-OH is 1. The van der Waals surface area contributed by atoms with Gasteiger partial charge in [0.1, 0.15) is 0 Å². The summed E-state index contributed by atoms with van der Waals surface area (Å²) in [6.07, 6.45) is 4.27. The predicted molar refractivity (Wildman–Crippen MR) is 101 cm³/mol. The second-order valence-electron chi connectivity index (χ2n) is 7.73. The Kier molecular flexibility index (Phi) is 7.66. The van der Waals surface area contributed by atoms with Crippen LogP contribution in [0.1, 0.15) is 53.4 Å². The van der Waals surface area contributed by atoms with Gasteiger partial charge in [0.15, 0.2) is 8.32 Å². The van der Waals surface area contributed by atoms with Crippen molar-refractivity contribution in [2.75, 3.05) is 18.1 Å². The second kappa shape index (κ2) is 8.09. The Morgan fingerprint density at radius 2 is 1.81 bits per heavy atom. The zero-order valence-electron chi connectivity index (χ0n) is 14.7. The highest BCUT2D eigenvalue weighted by atomic mass is 32.2. The molecule has 1 rings (SSSR count). The Balaban J connectivity index is 2.44. The van der Waals surface area contributed by atoms with Crippen molar-refractivity contribution >= 4 is 31.8 Å². The first-order chi connectivity index (χ1) is 9.58. The minimum Gasteiger partial charge on any atom is -0.417 e. The fraction of sp³-hybridized carbons (Fsp3) is 1.00. The van der Waals surface area contributed by atoms with Gasteiger partial charge in [0.2, 0.25) is 0 Å². The van der Waals surface area contributed by atoms with Crippen LogP contribution in [-0.2, 0) is 4.43 Å². The van der Waals surface area contributed by atoms with Crippen molar-refractivity contribution in [3.63, 3.8) is 0 Å². The molecular weight excluding hydrogens is 316 g/mol. The number of rotatable bonds is 7. The van der Waals surface area contributed by atoms with E-state index in [9.17, 15) is 5.11 Å². The van der Waals surface area contributed by atoms with E-state index in [1.54, 1.807) is 0 Å². The van der Waals surface area contributed by atoms with Gasteiger partial charge in [0, 0.05) is 6.61 Å². The van der Waals surface area contributed by atoms with Gasteiger partial charge in [-0.2, -0.15) is 0 Å². The molecule has 0 aromatic rings. The molecule has 1 atom stereocenters. The number of hydrogen-bond acceptors (Lipinski definition) is 4. The van der Waals surface area contributed by atoms with E-state index in [4.69, 9.17) is 4.43 Å². The molecule has 0 amide bonds. The Labute approximate surface area is 141 Å². The van der Waals surface area contributed by atoms with Crippen LogP contribution in [0, 0.1) is 0 Å². The van der Waals surface area contributed by atoms with Crippen LogP contribution in [0.25, 0.3) is 0 Å². The van der Waals surface area contributed by atoms with E-state index in [0.29, 0.717) is 5.04 Å². The summed E-state index contributed by atoms with van der Waals surface area (Å²) in [4.78, 5) is 0. The summed E-state index contributed by atoms with van der Waals surface area (Å²) < 4.78 is 6.52. The summed E-state index contributed by atoms with van der Waals surface area (Å²) in [5.74, 6) is 2.48. The first-order valence-electron chi connectivity index (χ1n) is 8.18. The Morgan fingerprint density at radius 1 is 1.24 bits per heavy atom. The fourth-order valence-electron chi connectivity index (χ4n) is 2.32. The molecule has 0 aliphatic carbocycles. The van der Waals surface area contributed by atoms with Crippen LogP contribution < -0.4 is 0 Å². The molecule has 0 aromatic carbocycles. The van der Waals surface area contributed by atoms with Gasteiger partial charge < -0.3 is 9.53 Å². The normalized spacial score (nSPS) is 21.3. The average molecular weight is 351 g/mol. The van der Waals surface area contributed by atoms with Crippen LogP contribution in [0.3, 0.4) is 0 Å². The molecule has 5 heteroatoms. The Hall–Kier alpha value is 0.837. The van der Waals surface area contributed by atoms with Crippen molar-refractivity contribution in [2.45, 2.75) is 81.7 Å². The van der Waals surface area contributed by atoms with Gasteiger partial charge in [-0.15, -0.1) is 23.5 Å². The van der Waals surface area contributed by atoms with Crippen LogP contribution >= 0.6 is 23.5 Å². The zero-order chi connectivity index (χ0) is 16.1. The van der Waals surface area contributed by atoms with Crippen molar-refractivity contribution in [3.8, 4) is 0 Å². The number of hydrogen-bond donors (Lipinski definition) is 1. The lowest BCUT2D eigenvalue weighted by Crippen LogP contribution is -2.41. The first-order valence-corrected chi connectivity index (χ1v) is 13.1. The lowest BCUT2D eigenvalue weighted by atomic mass is 10.1. The lowest BCUT2D eigenvalue weighted by molar-refractivity contribution is 0.177. The lowest BCUT2D eigenvalue weighted by Gasteiger charge is -2.39. The van der Waals surface area contributed by atoms with E-state index in [2.05, 4.69) is 57.4 Å². The van der Waals surface area contributed by atoms with Crippen LogP contribution in [0.15, 0.2) is 0 Å². The molecule has 1 N–H and O–H groups in total. The summed E-state index contributed by atoms with van der Waals surface area (Å²) in [5.41, 5.74) is 0. The highest BCUT2D eigenvalue weighted by molar-refractivity contribution is 8.18. The van der Waals surface area contributed by atoms with E-state index >= 15 is 0 Å². The fourth-order valence-corrected chi connectivity index (χ4v) is 7.04. The maximum absolute atomic E-state index is 9.81. The third-order valence-electron chi connectivity index (χ3n) is 4.60. The molecule has 126 valence electrons. The van der Waals surface area contributed by atoms with E-state index in [1.807, 2.05) is 6.92 Å². The van der Waals surface area contributed by atoms with E-state index in [1.165, 1.54) is 17.9 Å². The van der Waals surface area contributed by atoms with Gasteiger partial charge in [-0.1, -0.05) is 20.8 Å². The molecule has 0 radical (unpaired) electrons. The summed E-state index contributed by atoms with van der Waals surface area (Å²) >= 11 is 4.12. The molecule has 0 bridgehead atoms. The molecule has 1 heterocycles. The van der Waals surface area contributed by atoms with Crippen LogP contribution in [0.4, 0.5) is 0 Å². The van der Waals surface area contributed by atoms with Crippen molar-refractivity contribution in [1.29, 1.82) is 0 Å². The quantitative estimate of drug-likeness (QED) is 0.509. The van der Waals surface area contributed by atoms with Crippen molar-refractivity contribution in [2.24, 2.45) is 0 Å². The topological polar surface area (TPSA) is 29.5 Å². The third kappa shape index (κ3) is 6.46. The van der Waals surface area contributed by atoms with Crippen molar-refractivity contribution < 1.29 is 9.53 Å². The van der Waals surface area contributed by atoms with E-state index in [0.717, 1.165) is 25.9 Å². The first kappa shape index (κ1) is 19.9. The standard InChI is InChI=1S/C16H34O2S2Si/c1-14(17)13-16(19-11-8-12-20-16)9-7-10-18-21(5,6)15(2,3)4/h14,17H,7-13H2,1-6H3/t14-/m1/s1. The molecule has 1 aliphatic rings. The molecule has 1 aliphatic heterocycles. The summed E-state index contributed by atoms with van der Waals surface area (Å²) in [7, 11) is -1.61. The zero-order valence-corrected chi connectivity index (χ0v) is 17.3. The summed E-state index contributed by atoms with van der Waals surface area (Å²) in [5, 5.41) is 10.1. The molecule has 0 unspecified atom stereocenters. The van der Waals surface area contributed by atoms with Gasteiger partial charge in [-0.3, -0.25) is 0 Å².